The minimum absolute atomic E-state index is 0.0792. The van der Waals surface area contributed by atoms with Gasteiger partial charge in [-0.3, -0.25) is 13.8 Å². The first-order valence-corrected chi connectivity index (χ1v) is 30.4. The van der Waals surface area contributed by atoms with Crippen molar-refractivity contribution in [1.82, 2.24) is 5.32 Å². The molecule has 390 valence electrons. The summed E-state index contributed by atoms with van der Waals surface area (Å²) >= 11 is 0. The van der Waals surface area contributed by atoms with Crippen LogP contribution in [0.1, 0.15) is 303 Å². The Kier molecular flexibility index (Phi) is 48.1. The fraction of sp³-hybridized carbons (Fsp3) is 0.982. The van der Waals surface area contributed by atoms with E-state index in [0.29, 0.717) is 23.9 Å². The molecule has 0 rings (SSSR count). The number of amides is 1. The highest BCUT2D eigenvalue weighted by molar-refractivity contribution is 7.47. The van der Waals surface area contributed by atoms with Crippen LogP contribution in [0.25, 0.3) is 0 Å². The number of hydrogen-bond donors (Lipinski definition) is 3. The van der Waals surface area contributed by atoms with Crippen LogP contribution in [0.2, 0.25) is 0 Å². The average Bonchev–Trinajstić information content (AvgIpc) is 3.26. The zero-order valence-electron chi connectivity index (χ0n) is 44.5. The molecule has 0 aromatic carbocycles. The van der Waals surface area contributed by atoms with Gasteiger partial charge in [0.1, 0.15) is 13.2 Å². The van der Waals surface area contributed by atoms with Crippen LogP contribution in [0.4, 0.5) is 0 Å². The molecule has 0 spiro atoms. The third-order valence-corrected chi connectivity index (χ3v) is 14.6. The number of carbonyl (C=O) groups is 1. The van der Waals surface area contributed by atoms with E-state index in [4.69, 9.17) is 9.05 Å². The van der Waals surface area contributed by atoms with Gasteiger partial charge in [0.2, 0.25) is 5.91 Å². The summed E-state index contributed by atoms with van der Waals surface area (Å²) in [6, 6.07) is -0.755. The number of unbranched alkanes of at least 4 members (excludes halogenated alkanes) is 41. The van der Waals surface area contributed by atoms with Gasteiger partial charge in [-0.15, -0.1) is 0 Å². The first-order valence-electron chi connectivity index (χ1n) is 28.9. The van der Waals surface area contributed by atoms with Gasteiger partial charge < -0.3 is 19.8 Å². The molecule has 9 heteroatoms. The smallest absolute Gasteiger partial charge is 0.391 e. The first kappa shape index (κ1) is 64.5. The van der Waals surface area contributed by atoms with Crippen LogP contribution in [0, 0.1) is 0 Å². The van der Waals surface area contributed by atoms with Crippen LogP contribution in [-0.4, -0.2) is 73.4 Å². The van der Waals surface area contributed by atoms with Crippen LogP contribution in [0.5, 0.6) is 0 Å². The monoisotopic (exact) mass is 944 g/mol. The highest BCUT2D eigenvalue weighted by Crippen LogP contribution is 2.43. The number of phosphoric ester groups is 1. The number of carbonyl (C=O) groups excluding carboxylic acids is 1. The summed E-state index contributed by atoms with van der Waals surface area (Å²) in [4.78, 5) is 23.3. The van der Waals surface area contributed by atoms with Crippen molar-refractivity contribution < 1.29 is 32.9 Å². The van der Waals surface area contributed by atoms with E-state index in [1.54, 1.807) is 0 Å². The number of quaternary nitrogens is 1. The number of rotatable bonds is 54. The van der Waals surface area contributed by atoms with E-state index >= 15 is 0 Å². The molecule has 3 N–H and O–H groups in total. The van der Waals surface area contributed by atoms with Crippen LogP contribution < -0.4 is 5.32 Å². The van der Waals surface area contributed by atoms with Crippen molar-refractivity contribution in [3.05, 3.63) is 0 Å². The Bertz CT molecular complexity index is 1030. The Morgan fingerprint density at radius 2 is 0.738 bits per heavy atom. The summed E-state index contributed by atoms with van der Waals surface area (Å²) in [5.41, 5.74) is 0. The molecule has 0 aromatic heterocycles. The molecule has 8 nitrogen and oxygen atoms in total. The van der Waals surface area contributed by atoms with Gasteiger partial charge in [0, 0.05) is 6.42 Å². The largest absolute Gasteiger partial charge is 0.472 e. The molecular formula is C56H116N2O6P+. The molecule has 0 saturated heterocycles. The minimum Gasteiger partial charge on any atom is -0.391 e. The molecule has 0 aliphatic carbocycles. The Morgan fingerprint density at radius 1 is 0.462 bits per heavy atom. The van der Waals surface area contributed by atoms with E-state index in [9.17, 15) is 19.4 Å². The molecular weight excluding hydrogens is 828 g/mol. The summed E-state index contributed by atoms with van der Waals surface area (Å²) in [5.74, 6) is -0.136. The number of nitrogens with one attached hydrogen (secondary N) is 1. The molecule has 0 heterocycles. The van der Waals surface area contributed by atoms with Crippen molar-refractivity contribution in [3.8, 4) is 0 Å². The van der Waals surface area contributed by atoms with Crippen molar-refractivity contribution in [1.29, 1.82) is 0 Å². The second kappa shape index (κ2) is 48.5. The molecule has 65 heavy (non-hydrogen) atoms. The van der Waals surface area contributed by atoms with Gasteiger partial charge in [-0.25, -0.2) is 4.57 Å². The molecule has 3 atom stereocenters. The van der Waals surface area contributed by atoms with Gasteiger partial charge >= 0.3 is 7.82 Å². The lowest BCUT2D eigenvalue weighted by molar-refractivity contribution is -0.870. The Hall–Kier alpha value is -0.500. The maximum atomic E-state index is 13.0. The summed E-state index contributed by atoms with van der Waals surface area (Å²) in [7, 11) is 1.64. The van der Waals surface area contributed by atoms with Crippen LogP contribution in [-0.2, 0) is 18.4 Å². The predicted molar refractivity (Wildman–Crippen MR) is 282 cm³/mol. The molecule has 0 bridgehead atoms. The molecule has 0 saturated carbocycles. The molecule has 3 unspecified atom stereocenters. The number of aliphatic hydroxyl groups excluding tert-OH is 1. The van der Waals surface area contributed by atoms with Gasteiger partial charge in [-0.1, -0.05) is 284 Å². The van der Waals surface area contributed by atoms with Crippen molar-refractivity contribution in [2.75, 3.05) is 40.9 Å². The number of aliphatic hydroxyl groups is 1. The van der Waals surface area contributed by atoms with Crippen LogP contribution in [0.3, 0.4) is 0 Å². The summed E-state index contributed by atoms with van der Waals surface area (Å²) in [5, 5.41) is 14.1. The van der Waals surface area contributed by atoms with Crippen molar-refractivity contribution in [2.24, 2.45) is 0 Å². The molecule has 0 aromatic rings. The van der Waals surface area contributed by atoms with E-state index in [1.807, 2.05) is 21.1 Å². The number of hydrogen-bond acceptors (Lipinski definition) is 5. The standard InChI is InChI=1S/C56H115N2O6P/c1-6-8-10-12-14-16-18-20-22-24-26-28-30-32-34-36-38-40-42-44-46-48-50-56(60)57-54(53-64-65(61,62)63-52-51-58(3,4)5)55(59)49-47-45-43-41-39-37-35-33-31-29-27-25-23-21-19-17-15-13-11-9-7-2/h54-55,59H,6-53H2,1-5H3,(H-,57,60,61,62)/p+1. The normalized spacial score (nSPS) is 13.9. The lowest BCUT2D eigenvalue weighted by Gasteiger charge is -2.26. The van der Waals surface area contributed by atoms with Crippen molar-refractivity contribution >= 4 is 13.7 Å². The summed E-state index contributed by atoms with van der Waals surface area (Å²) in [6.45, 7) is 4.95. The highest BCUT2D eigenvalue weighted by atomic mass is 31.2. The zero-order valence-corrected chi connectivity index (χ0v) is 45.4. The van der Waals surface area contributed by atoms with E-state index in [1.165, 1.54) is 238 Å². The van der Waals surface area contributed by atoms with E-state index < -0.39 is 20.0 Å². The third-order valence-electron chi connectivity index (χ3n) is 13.6. The Labute approximate surface area is 406 Å². The molecule has 0 radical (unpaired) electrons. The molecule has 0 fully saturated rings. The van der Waals surface area contributed by atoms with Gasteiger partial charge in [-0.2, -0.15) is 0 Å². The summed E-state index contributed by atoms with van der Waals surface area (Å²) < 4.78 is 23.8. The fourth-order valence-electron chi connectivity index (χ4n) is 9.05. The maximum Gasteiger partial charge on any atom is 0.472 e. The maximum absolute atomic E-state index is 13.0. The SMILES string of the molecule is CCCCCCCCCCCCCCCCCCCCCCCCC(=O)NC(COP(=O)(O)OCC[N+](C)(C)C)C(O)CCCCCCCCCCCCCCCCCCCCCCC. The van der Waals surface area contributed by atoms with E-state index in [0.717, 1.165) is 38.5 Å². The average molecular weight is 945 g/mol. The van der Waals surface area contributed by atoms with Gasteiger partial charge in [0.15, 0.2) is 0 Å². The van der Waals surface area contributed by atoms with E-state index in [-0.39, 0.29) is 19.1 Å². The quantitative estimate of drug-likeness (QED) is 0.0319. The minimum atomic E-state index is -4.32. The van der Waals surface area contributed by atoms with E-state index in [2.05, 4.69) is 19.2 Å². The Morgan fingerprint density at radius 3 is 1.03 bits per heavy atom. The molecule has 1 amide bonds. The molecule has 0 aliphatic rings. The topological polar surface area (TPSA) is 105 Å². The van der Waals surface area contributed by atoms with Crippen LogP contribution in [0.15, 0.2) is 0 Å². The Balaban J connectivity index is 4.13. The highest BCUT2D eigenvalue weighted by Gasteiger charge is 2.28. The third kappa shape index (κ3) is 51.2. The second-order valence-corrected chi connectivity index (χ2v) is 22.8. The lowest BCUT2D eigenvalue weighted by atomic mass is 10.0. The van der Waals surface area contributed by atoms with Crippen molar-refractivity contribution in [3.63, 3.8) is 0 Å². The van der Waals surface area contributed by atoms with Crippen LogP contribution >= 0.6 is 7.82 Å². The number of nitrogens with zero attached hydrogens (tertiary/aromatic N) is 1. The predicted octanol–water partition coefficient (Wildman–Crippen LogP) is 17.3. The summed E-state index contributed by atoms with van der Waals surface area (Å²) in [6.07, 6.45) is 57.2. The number of likely N-dealkylation sites (N-methyl/N-ethyl adjacent to an activating group) is 1. The lowest BCUT2D eigenvalue weighted by Crippen LogP contribution is -2.46. The van der Waals surface area contributed by atoms with Gasteiger partial charge in [0.25, 0.3) is 0 Å². The number of phosphoric acid groups is 1. The van der Waals surface area contributed by atoms with Gasteiger partial charge in [-0.05, 0) is 12.8 Å². The second-order valence-electron chi connectivity index (χ2n) is 21.4. The van der Waals surface area contributed by atoms with Gasteiger partial charge in [0.05, 0.1) is 39.9 Å². The first-order chi connectivity index (χ1) is 31.5. The van der Waals surface area contributed by atoms with Crippen molar-refractivity contribution in [2.45, 2.75) is 315 Å². The zero-order chi connectivity index (χ0) is 47.8. The fourth-order valence-corrected chi connectivity index (χ4v) is 9.79. The molecule has 0 aliphatic heterocycles.